The molecule has 1 aliphatic rings. The van der Waals surface area contributed by atoms with Crippen molar-refractivity contribution in [2.45, 2.75) is 37.4 Å². The van der Waals surface area contributed by atoms with Crippen LogP contribution in [0.4, 0.5) is 5.82 Å². The van der Waals surface area contributed by atoms with Crippen LogP contribution >= 0.6 is 0 Å². The number of nitrogens with zero attached hydrogens (tertiary/aromatic N) is 4. The molecule has 0 aromatic carbocycles. The Balaban J connectivity index is 1.83. The Morgan fingerprint density at radius 2 is 1.96 bits per heavy atom. The highest BCUT2D eigenvalue weighted by Crippen LogP contribution is 2.31. The second-order valence-corrected chi connectivity index (χ2v) is 5.63. The van der Waals surface area contributed by atoms with Gasteiger partial charge in [-0.15, -0.1) is 0 Å². The van der Waals surface area contributed by atoms with Gasteiger partial charge in [-0.25, -0.2) is 15.0 Å². The number of unbranched alkanes of at least 4 members (excludes halogenated alkanes) is 1. The molecule has 2 aromatic heterocycles. The number of ether oxygens (including phenoxy) is 1. The van der Waals surface area contributed by atoms with Crippen LogP contribution in [0.3, 0.4) is 0 Å². The van der Waals surface area contributed by atoms with E-state index in [0.29, 0.717) is 29.9 Å². The maximum Gasteiger partial charge on any atom is 0.167 e. The number of aliphatic hydroxyl groups excluding tert-OH is 4. The Bertz CT molecular complexity index is 681. The van der Waals surface area contributed by atoms with Gasteiger partial charge in [0.05, 0.1) is 12.9 Å². The minimum atomic E-state index is -1.20. The van der Waals surface area contributed by atoms with Crippen molar-refractivity contribution in [1.29, 1.82) is 0 Å². The number of aliphatic hydroxyl groups is 4. The number of hydrogen-bond acceptors (Lipinski definition) is 9. The van der Waals surface area contributed by atoms with Crippen molar-refractivity contribution >= 4 is 17.0 Å². The monoisotopic (exact) mass is 339 g/mol. The SMILES string of the molecule is OCCCCNc1ncnc2c1ncn2C1O[C@H](CO)[C@@H](O)[C@H]1O. The molecule has 5 N–H and O–H groups in total. The summed E-state index contributed by atoms with van der Waals surface area (Å²) < 4.78 is 7.02. The van der Waals surface area contributed by atoms with E-state index in [1.165, 1.54) is 17.2 Å². The van der Waals surface area contributed by atoms with Gasteiger partial charge in [-0.3, -0.25) is 4.57 Å². The van der Waals surface area contributed by atoms with Gasteiger partial charge >= 0.3 is 0 Å². The fourth-order valence-corrected chi connectivity index (χ4v) is 2.72. The van der Waals surface area contributed by atoms with Crippen molar-refractivity contribution in [2.24, 2.45) is 0 Å². The average molecular weight is 339 g/mol. The van der Waals surface area contributed by atoms with Crippen molar-refractivity contribution in [2.75, 3.05) is 25.1 Å². The number of fused-ring (bicyclic) bond motifs is 1. The van der Waals surface area contributed by atoms with Gasteiger partial charge in [0.25, 0.3) is 0 Å². The lowest BCUT2D eigenvalue weighted by Gasteiger charge is -2.16. The average Bonchev–Trinajstić information content (AvgIpc) is 3.14. The molecule has 1 saturated heterocycles. The predicted octanol–water partition coefficient (Wildman–Crippen LogP) is -1.38. The minimum Gasteiger partial charge on any atom is -0.396 e. The third kappa shape index (κ3) is 3.06. The first-order valence-corrected chi connectivity index (χ1v) is 7.82. The Labute approximate surface area is 137 Å². The first kappa shape index (κ1) is 17.0. The molecule has 0 bridgehead atoms. The van der Waals surface area contributed by atoms with Crippen LogP contribution < -0.4 is 5.32 Å². The van der Waals surface area contributed by atoms with E-state index in [4.69, 9.17) is 9.84 Å². The van der Waals surface area contributed by atoms with E-state index in [2.05, 4.69) is 20.3 Å². The molecule has 10 heteroatoms. The molecule has 3 rings (SSSR count). The smallest absolute Gasteiger partial charge is 0.167 e. The summed E-state index contributed by atoms with van der Waals surface area (Å²) in [5.41, 5.74) is 0.962. The molecule has 1 aliphatic heterocycles. The summed E-state index contributed by atoms with van der Waals surface area (Å²) in [6, 6.07) is 0. The van der Waals surface area contributed by atoms with Gasteiger partial charge < -0.3 is 30.5 Å². The quantitative estimate of drug-likeness (QED) is 0.385. The third-order valence-corrected chi connectivity index (χ3v) is 4.03. The maximum atomic E-state index is 10.1. The number of anilines is 1. The van der Waals surface area contributed by atoms with Crippen LogP contribution in [-0.2, 0) is 4.74 Å². The van der Waals surface area contributed by atoms with Gasteiger partial charge in [0.2, 0.25) is 0 Å². The number of nitrogens with one attached hydrogen (secondary N) is 1. The van der Waals surface area contributed by atoms with Crippen LogP contribution in [0.25, 0.3) is 11.2 Å². The molecule has 0 aliphatic carbocycles. The number of rotatable bonds is 7. The van der Waals surface area contributed by atoms with Crippen molar-refractivity contribution in [1.82, 2.24) is 19.5 Å². The molecule has 10 nitrogen and oxygen atoms in total. The third-order valence-electron chi connectivity index (χ3n) is 4.03. The van der Waals surface area contributed by atoms with Gasteiger partial charge in [-0.05, 0) is 12.8 Å². The molecule has 24 heavy (non-hydrogen) atoms. The van der Waals surface area contributed by atoms with E-state index < -0.39 is 31.1 Å². The van der Waals surface area contributed by atoms with Gasteiger partial charge in [0.15, 0.2) is 23.2 Å². The molecule has 1 fully saturated rings. The largest absolute Gasteiger partial charge is 0.396 e. The normalized spacial score (nSPS) is 27.0. The molecule has 4 atom stereocenters. The van der Waals surface area contributed by atoms with Gasteiger partial charge in [0.1, 0.15) is 24.6 Å². The zero-order chi connectivity index (χ0) is 17.1. The van der Waals surface area contributed by atoms with Crippen molar-refractivity contribution in [3.8, 4) is 0 Å². The highest BCUT2D eigenvalue weighted by Gasteiger charge is 2.44. The van der Waals surface area contributed by atoms with Crippen LogP contribution in [0.5, 0.6) is 0 Å². The summed E-state index contributed by atoms with van der Waals surface area (Å²) in [6.45, 7) is 0.377. The molecule has 0 radical (unpaired) electrons. The fourth-order valence-electron chi connectivity index (χ4n) is 2.72. The number of aromatic nitrogens is 4. The molecule has 2 aromatic rings. The summed E-state index contributed by atoms with van der Waals surface area (Å²) in [5, 5.41) is 41.2. The van der Waals surface area contributed by atoms with Crippen LogP contribution in [0.1, 0.15) is 19.1 Å². The molecule has 3 heterocycles. The lowest BCUT2D eigenvalue weighted by Crippen LogP contribution is -2.33. The number of imidazole rings is 1. The Kier molecular flexibility index (Phi) is 5.21. The zero-order valence-corrected chi connectivity index (χ0v) is 13.0. The highest BCUT2D eigenvalue weighted by atomic mass is 16.6. The van der Waals surface area contributed by atoms with E-state index in [1.54, 1.807) is 0 Å². The first-order valence-electron chi connectivity index (χ1n) is 7.82. The van der Waals surface area contributed by atoms with Crippen LogP contribution in [0.2, 0.25) is 0 Å². The highest BCUT2D eigenvalue weighted by molar-refractivity contribution is 5.82. The molecule has 132 valence electrons. The van der Waals surface area contributed by atoms with Crippen LogP contribution in [0.15, 0.2) is 12.7 Å². The van der Waals surface area contributed by atoms with Gasteiger partial charge in [-0.2, -0.15) is 0 Å². The Morgan fingerprint density at radius 1 is 1.12 bits per heavy atom. The zero-order valence-electron chi connectivity index (χ0n) is 13.0. The molecule has 1 unspecified atom stereocenters. The lowest BCUT2D eigenvalue weighted by atomic mass is 10.1. The molecular formula is C14H21N5O5. The summed E-state index contributed by atoms with van der Waals surface area (Å²) in [6.07, 6.45) is 0.176. The number of hydrogen-bond donors (Lipinski definition) is 5. The molecule has 0 saturated carbocycles. The summed E-state index contributed by atoms with van der Waals surface area (Å²) >= 11 is 0. The molecular weight excluding hydrogens is 318 g/mol. The summed E-state index contributed by atoms with van der Waals surface area (Å²) in [4.78, 5) is 12.6. The summed E-state index contributed by atoms with van der Waals surface area (Å²) in [5.74, 6) is 0.545. The predicted molar refractivity (Wildman–Crippen MR) is 83.1 cm³/mol. The standard InChI is InChI=1S/C14H21N5O5/c20-4-2-1-3-15-12-9-13(17-6-16-12)19(7-18-9)14-11(23)10(22)8(5-21)24-14/h6-8,10-11,14,20-23H,1-5H2,(H,15,16,17)/t8-,10-,11-,14?/m1/s1. The lowest BCUT2D eigenvalue weighted by molar-refractivity contribution is -0.0511. The molecule has 0 amide bonds. The van der Waals surface area contributed by atoms with Crippen molar-refractivity contribution < 1.29 is 25.2 Å². The van der Waals surface area contributed by atoms with Crippen LogP contribution in [0, 0.1) is 0 Å². The topological polar surface area (TPSA) is 146 Å². The van der Waals surface area contributed by atoms with Crippen LogP contribution in [-0.4, -0.2) is 78.0 Å². The Morgan fingerprint density at radius 3 is 2.67 bits per heavy atom. The first-order chi connectivity index (χ1) is 11.7. The van der Waals surface area contributed by atoms with E-state index >= 15 is 0 Å². The molecule has 0 spiro atoms. The van der Waals surface area contributed by atoms with E-state index in [0.717, 1.165) is 6.42 Å². The second-order valence-electron chi connectivity index (χ2n) is 5.63. The van der Waals surface area contributed by atoms with Crippen molar-refractivity contribution in [3.05, 3.63) is 12.7 Å². The van der Waals surface area contributed by atoms with E-state index in [1.807, 2.05) is 0 Å². The van der Waals surface area contributed by atoms with Gasteiger partial charge in [0, 0.05) is 13.2 Å². The second kappa shape index (κ2) is 7.36. The Hall–Kier alpha value is -1.85. The van der Waals surface area contributed by atoms with E-state index in [9.17, 15) is 15.3 Å². The fraction of sp³-hybridized carbons (Fsp3) is 0.643. The maximum absolute atomic E-state index is 10.1. The summed E-state index contributed by atoms with van der Waals surface area (Å²) in [7, 11) is 0. The van der Waals surface area contributed by atoms with E-state index in [-0.39, 0.29) is 6.61 Å². The minimum absolute atomic E-state index is 0.140. The van der Waals surface area contributed by atoms with Gasteiger partial charge in [-0.1, -0.05) is 0 Å². The van der Waals surface area contributed by atoms with Crippen molar-refractivity contribution in [3.63, 3.8) is 0 Å².